The van der Waals surface area contributed by atoms with Crippen molar-refractivity contribution in [3.63, 3.8) is 0 Å². The lowest BCUT2D eigenvalue weighted by atomic mass is 10.1. The lowest BCUT2D eigenvalue weighted by molar-refractivity contribution is 0.0939. The first-order chi connectivity index (χ1) is 15.6. The van der Waals surface area contributed by atoms with Gasteiger partial charge in [-0.1, -0.05) is 48.0 Å². The summed E-state index contributed by atoms with van der Waals surface area (Å²) in [5.41, 5.74) is 3.82. The molecular formula is C27H29ClN2O2. The van der Waals surface area contributed by atoms with E-state index in [2.05, 4.69) is 34.5 Å². The van der Waals surface area contributed by atoms with Gasteiger partial charge in [-0.2, -0.15) is 0 Å². The van der Waals surface area contributed by atoms with Crippen LogP contribution in [0, 0.1) is 0 Å². The summed E-state index contributed by atoms with van der Waals surface area (Å²) >= 11 is 6.19. The molecule has 0 unspecified atom stereocenters. The Hall–Kier alpha value is -2.98. The molecule has 1 fully saturated rings. The third-order valence-electron chi connectivity index (χ3n) is 5.91. The molecule has 0 aliphatic carbocycles. The van der Waals surface area contributed by atoms with Gasteiger partial charge in [0.15, 0.2) is 0 Å². The second-order valence-electron chi connectivity index (χ2n) is 8.24. The maximum absolute atomic E-state index is 12.8. The molecule has 3 aromatic rings. The van der Waals surface area contributed by atoms with Crippen molar-refractivity contribution >= 4 is 23.2 Å². The van der Waals surface area contributed by atoms with E-state index in [1.807, 2.05) is 43.3 Å². The van der Waals surface area contributed by atoms with E-state index in [4.69, 9.17) is 16.3 Å². The van der Waals surface area contributed by atoms with Gasteiger partial charge in [-0.25, -0.2) is 0 Å². The van der Waals surface area contributed by atoms with Gasteiger partial charge in [0, 0.05) is 34.9 Å². The zero-order valence-corrected chi connectivity index (χ0v) is 19.1. The van der Waals surface area contributed by atoms with Crippen molar-refractivity contribution in [2.75, 3.05) is 18.0 Å². The summed E-state index contributed by atoms with van der Waals surface area (Å²) in [5, 5.41) is 3.76. The number of ether oxygens (including phenoxy) is 1. The summed E-state index contributed by atoms with van der Waals surface area (Å²) in [6.07, 6.45) is 3.84. The van der Waals surface area contributed by atoms with Gasteiger partial charge in [0.05, 0.1) is 6.04 Å². The van der Waals surface area contributed by atoms with Gasteiger partial charge in [0.1, 0.15) is 12.4 Å². The zero-order valence-electron chi connectivity index (χ0n) is 18.4. The van der Waals surface area contributed by atoms with Crippen LogP contribution in [0.25, 0.3) is 0 Å². The Bertz CT molecular complexity index is 1050. The van der Waals surface area contributed by atoms with Crippen LogP contribution in [-0.2, 0) is 6.61 Å². The Balaban J connectivity index is 1.36. The fourth-order valence-electron chi connectivity index (χ4n) is 3.99. The Morgan fingerprint density at radius 2 is 1.75 bits per heavy atom. The Labute approximate surface area is 195 Å². The Kier molecular flexibility index (Phi) is 7.33. The van der Waals surface area contributed by atoms with Gasteiger partial charge in [-0.3, -0.25) is 4.79 Å². The van der Waals surface area contributed by atoms with Crippen molar-refractivity contribution < 1.29 is 9.53 Å². The van der Waals surface area contributed by atoms with Crippen LogP contribution in [0.5, 0.6) is 5.75 Å². The van der Waals surface area contributed by atoms with E-state index in [1.165, 1.54) is 24.9 Å². The summed E-state index contributed by atoms with van der Waals surface area (Å²) in [7, 11) is 0. The highest BCUT2D eigenvalue weighted by molar-refractivity contribution is 6.31. The minimum atomic E-state index is -0.124. The first-order valence-corrected chi connectivity index (χ1v) is 11.6. The largest absolute Gasteiger partial charge is 0.489 e. The molecule has 4 rings (SSSR count). The van der Waals surface area contributed by atoms with E-state index in [1.54, 1.807) is 12.1 Å². The van der Waals surface area contributed by atoms with E-state index < -0.39 is 0 Å². The predicted octanol–water partition coefficient (Wildman–Crippen LogP) is 6.40. The molecule has 0 spiro atoms. The Morgan fingerprint density at radius 3 is 2.50 bits per heavy atom. The molecule has 1 saturated heterocycles. The molecule has 1 aliphatic heterocycles. The number of nitrogens with one attached hydrogen (secondary N) is 1. The molecule has 0 bridgehead atoms. The average molecular weight is 449 g/mol. The topological polar surface area (TPSA) is 41.6 Å². The second-order valence-corrected chi connectivity index (χ2v) is 8.65. The molecule has 166 valence electrons. The number of anilines is 1. The van der Waals surface area contributed by atoms with E-state index in [0.29, 0.717) is 22.9 Å². The summed E-state index contributed by atoms with van der Waals surface area (Å²) in [4.78, 5) is 15.3. The molecule has 0 radical (unpaired) electrons. The van der Waals surface area contributed by atoms with Gasteiger partial charge in [-0.15, -0.1) is 0 Å². The van der Waals surface area contributed by atoms with Crippen molar-refractivity contribution in [2.24, 2.45) is 0 Å². The van der Waals surface area contributed by atoms with Gasteiger partial charge in [0.2, 0.25) is 0 Å². The summed E-state index contributed by atoms with van der Waals surface area (Å²) in [6, 6.07) is 23.3. The standard InChI is InChI=1S/C27H29ClN2O2/c1-20(21-12-14-24(15-13-21)30-16-5-2-6-17-30)29-27(31)22-9-7-10-25(18-22)32-19-23-8-3-4-11-26(23)28/h3-4,7-15,18,20H,2,5-6,16-17,19H2,1H3,(H,29,31)/t20-/m1/s1. The van der Waals surface area contributed by atoms with Crippen molar-refractivity contribution in [1.29, 1.82) is 0 Å². The normalized spacial score (nSPS) is 14.6. The highest BCUT2D eigenvalue weighted by Gasteiger charge is 2.14. The van der Waals surface area contributed by atoms with Crippen LogP contribution in [0.1, 0.15) is 53.7 Å². The van der Waals surface area contributed by atoms with Crippen LogP contribution in [0.15, 0.2) is 72.8 Å². The molecule has 3 aromatic carbocycles. The van der Waals surface area contributed by atoms with Crippen LogP contribution >= 0.6 is 11.6 Å². The molecule has 1 amide bonds. The number of piperidine rings is 1. The van der Waals surface area contributed by atoms with E-state index in [9.17, 15) is 4.79 Å². The molecule has 4 nitrogen and oxygen atoms in total. The number of rotatable bonds is 7. The first-order valence-electron chi connectivity index (χ1n) is 11.2. The third kappa shape index (κ3) is 5.63. The number of carbonyl (C=O) groups excluding carboxylic acids is 1. The monoisotopic (exact) mass is 448 g/mol. The fourth-order valence-corrected chi connectivity index (χ4v) is 4.18. The number of nitrogens with zero attached hydrogens (tertiary/aromatic N) is 1. The van der Waals surface area contributed by atoms with Gasteiger partial charge >= 0.3 is 0 Å². The van der Waals surface area contributed by atoms with Crippen LogP contribution in [-0.4, -0.2) is 19.0 Å². The molecule has 1 heterocycles. The van der Waals surface area contributed by atoms with Gasteiger partial charge in [-0.05, 0) is 68.1 Å². The van der Waals surface area contributed by atoms with Crippen LogP contribution < -0.4 is 15.0 Å². The van der Waals surface area contributed by atoms with Crippen LogP contribution in [0.4, 0.5) is 5.69 Å². The molecule has 1 atom stereocenters. The van der Waals surface area contributed by atoms with E-state index in [-0.39, 0.29) is 11.9 Å². The van der Waals surface area contributed by atoms with Crippen molar-refractivity contribution in [2.45, 2.75) is 38.8 Å². The van der Waals surface area contributed by atoms with Crippen LogP contribution in [0.3, 0.4) is 0 Å². The molecule has 1 N–H and O–H groups in total. The fraction of sp³-hybridized carbons (Fsp3) is 0.296. The highest BCUT2D eigenvalue weighted by Crippen LogP contribution is 2.23. The number of hydrogen-bond donors (Lipinski definition) is 1. The van der Waals surface area contributed by atoms with E-state index in [0.717, 1.165) is 24.2 Å². The van der Waals surface area contributed by atoms with Crippen LogP contribution in [0.2, 0.25) is 5.02 Å². The van der Waals surface area contributed by atoms with E-state index >= 15 is 0 Å². The summed E-state index contributed by atoms with van der Waals surface area (Å²) in [5.74, 6) is 0.511. The highest BCUT2D eigenvalue weighted by atomic mass is 35.5. The minimum absolute atomic E-state index is 0.0920. The molecule has 32 heavy (non-hydrogen) atoms. The number of benzene rings is 3. The summed E-state index contributed by atoms with van der Waals surface area (Å²) in [6.45, 7) is 4.61. The number of carbonyl (C=O) groups is 1. The quantitative estimate of drug-likeness (QED) is 0.454. The first kappa shape index (κ1) is 22.2. The molecule has 1 aliphatic rings. The number of halogens is 1. The molecule has 0 saturated carbocycles. The molecular weight excluding hydrogens is 420 g/mol. The van der Waals surface area contributed by atoms with Crippen molar-refractivity contribution in [3.05, 3.63) is 94.5 Å². The Morgan fingerprint density at radius 1 is 1.00 bits per heavy atom. The average Bonchev–Trinajstić information content (AvgIpc) is 2.84. The smallest absolute Gasteiger partial charge is 0.251 e. The lowest BCUT2D eigenvalue weighted by Gasteiger charge is -2.29. The molecule has 5 heteroatoms. The maximum atomic E-state index is 12.8. The minimum Gasteiger partial charge on any atom is -0.489 e. The lowest BCUT2D eigenvalue weighted by Crippen LogP contribution is -2.29. The zero-order chi connectivity index (χ0) is 22.3. The molecule has 0 aromatic heterocycles. The summed E-state index contributed by atoms with van der Waals surface area (Å²) < 4.78 is 5.86. The second kappa shape index (κ2) is 10.6. The SMILES string of the molecule is C[C@@H](NC(=O)c1cccc(OCc2ccccc2Cl)c1)c1ccc(N2CCCCC2)cc1. The van der Waals surface area contributed by atoms with Gasteiger partial charge in [0.25, 0.3) is 5.91 Å². The predicted molar refractivity (Wildman–Crippen MR) is 131 cm³/mol. The number of hydrogen-bond acceptors (Lipinski definition) is 3. The van der Waals surface area contributed by atoms with Crippen molar-refractivity contribution in [1.82, 2.24) is 5.32 Å². The van der Waals surface area contributed by atoms with Crippen molar-refractivity contribution in [3.8, 4) is 5.75 Å². The van der Waals surface area contributed by atoms with Gasteiger partial charge < -0.3 is 15.0 Å². The maximum Gasteiger partial charge on any atom is 0.251 e. The third-order valence-corrected chi connectivity index (χ3v) is 6.28. The number of amides is 1.